The lowest BCUT2D eigenvalue weighted by Gasteiger charge is -2.09. The van der Waals surface area contributed by atoms with Crippen molar-refractivity contribution in [2.75, 3.05) is 6.61 Å². The van der Waals surface area contributed by atoms with E-state index in [1.807, 2.05) is 59.0 Å². The third-order valence-corrected chi connectivity index (χ3v) is 3.72. The molecule has 0 radical (unpaired) electrons. The standard InChI is InChI=1S/C16H14INO2/c1-3-4-11-20-13-7-5-12(6-8-13)15-10-9-14(17)16(19)18(15)2/h5-10H,11H2,1-2H3. The zero-order chi connectivity index (χ0) is 14.5. The molecule has 0 aliphatic heterocycles. The van der Waals surface area contributed by atoms with E-state index in [9.17, 15) is 4.79 Å². The van der Waals surface area contributed by atoms with Gasteiger partial charge in [-0.15, -0.1) is 5.92 Å². The van der Waals surface area contributed by atoms with E-state index in [4.69, 9.17) is 4.74 Å². The average Bonchev–Trinajstić information content (AvgIpc) is 2.46. The van der Waals surface area contributed by atoms with Crippen molar-refractivity contribution in [3.8, 4) is 28.8 Å². The fourth-order valence-electron chi connectivity index (χ4n) is 1.81. The van der Waals surface area contributed by atoms with Gasteiger partial charge < -0.3 is 9.30 Å². The summed E-state index contributed by atoms with van der Waals surface area (Å²) in [6.07, 6.45) is 0. The minimum Gasteiger partial charge on any atom is -0.481 e. The Morgan fingerprint density at radius 1 is 1.20 bits per heavy atom. The molecule has 2 aromatic rings. The summed E-state index contributed by atoms with van der Waals surface area (Å²) in [5.74, 6) is 6.40. The maximum atomic E-state index is 11.9. The predicted molar refractivity (Wildman–Crippen MR) is 88.8 cm³/mol. The summed E-state index contributed by atoms with van der Waals surface area (Å²) < 4.78 is 7.83. The third-order valence-electron chi connectivity index (χ3n) is 2.90. The lowest BCUT2D eigenvalue weighted by atomic mass is 10.1. The lowest BCUT2D eigenvalue weighted by molar-refractivity contribution is 0.370. The molecule has 0 amide bonds. The van der Waals surface area contributed by atoms with Gasteiger partial charge in [0.2, 0.25) is 0 Å². The van der Waals surface area contributed by atoms with Crippen molar-refractivity contribution < 1.29 is 4.74 Å². The molecule has 0 saturated heterocycles. The molecule has 3 nitrogen and oxygen atoms in total. The topological polar surface area (TPSA) is 31.2 Å². The maximum absolute atomic E-state index is 11.9. The fourth-order valence-corrected chi connectivity index (χ4v) is 2.35. The average molecular weight is 379 g/mol. The molecule has 0 spiro atoms. The van der Waals surface area contributed by atoms with Gasteiger partial charge in [-0.2, -0.15) is 0 Å². The van der Waals surface area contributed by atoms with Crippen LogP contribution < -0.4 is 10.3 Å². The highest BCUT2D eigenvalue weighted by atomic mass is 127. The zero-order valence-corrected chi connectivity index (χ0v) is 13.5. The third kappa shape index (κ3) is 3.23. The van der Waals surface area contributed by atoms with Crippen LogP contribution in [0.15, 0.2) is 41.2 Å². The molecule has 0 unspecified atom stereocenters. The van der Waals surface area contributed by atoms with E-state index < -0.39 is 0 Å². The summed E-state index contributed by atoms with van der Waals surface area (Å²) in [5.41, 5.74) is 1.88. The van der Waals surface area contributed by atoms with Crippen LogP contribution in [0, 0.1) is 15.4 Å². The highest BCUT2D eigenvalue weighted by Crippen LogP contribution is 2.21. The molecular formula is C16H14INO2. The van der Waals surface area contributed by atoms with Crippen molar-refractivity contribution in [3.05, 3.63) is 50.3 Å². The van der Waals surface area contributed by atoms with Crippen molar-refractivity contribution in [3.63, 3.8) is 0 Å². The minimum atomic E-state index is 0.0154. The zero-order valence-electron chi connectivity index (χ0n) is 11.3. The lowest BCUT2D eigenvalue weighted by Crippen LogP contribution is -2.20. The van der Waals surface area contributed by atoms with Gasteiger partial charge in [0.25, 0.3) is 5.56 Å². The molecule has 1 aromatic carbocycles. The monoisotopic (exact) mass is 379 g/mol. The van der Waals surface area contributed by atoms with Crippen LogP contribution in [0.4, 0.5) is 0 Å². The maximum Gasteiger partial charge on any atom is 0.264 e. The van der Waals surface area contributed by atoms with Crippen LogP contribution in [0.3, 0.4) is 0 Å². The second kappa shape index (κ2) is 6.62. The van der Waals surface area contributed by atoms with Crippen LogP contribution in [0.5, 0.6) is 5.75 Å². The van der Waals surface area contributed by atoms with Crippen LogP contribution in [-0.2, 0) is 7.05 Å². The Morgan fingerprint density at radius 3 is 2.55 bits per heavy atom. The SMILES string of the molecule is CC#CCOc1ccc(-c2ccc(I)c(=O)n2C)cc1. The van der Waals surface area contributed by atoms with Crippen molar-refractivity contribution in [1.29, 1.82) is 0 Å². The molecule has 0 saturated carbocycles. The molecule has 20 heavy (non-hydrogen) atoms. The molecule has 0 N–H and O–H groups in total. The molecule has 1 aromatic heterocycles. The number of nitrogens with zero attached hydrogens (tertiary/aromatic N) is 1. The second-order valence-electron chi connectivity index (χ2n) is 4.17. The predicted octanol–water partition coefficient (Wildman–Crippen LogP) is 3.06. The fraction of sp³-hybridized carbons (Fsp3) is 0.188. The van der Waals surface area contributed by atoms with Crippen LogP contribution >= 0.6 is 22.6 Å². The van der Waals surface area contributed by atoms with E-state index in [0.29, 0.717) is 10.2 Å². The van der Waals surface area contributed by atoms with Crippen LogP contribution in [0.1, 0.15) is 6.92 Å². The molecule has 2 rings (SSSR count). The van der Waals surface area contributed by atoms with Gasteiger partial charge in [0, 0.05) is 7.05 Å². The molecule has 0 atom stereocenters. The van der Waals surface area contributed by atoms with E-state index in [1.165, 1.54) is 0 Å². The number of rotatable bonds is 3. The number of benzene rings is 1. The number of hydrogen-bond donors (Lipinski definition) is 0. The van der Waals surface area contributed by atoms with E-state index in [-0.39, 0.29) is 5.56 Å². The molecule has 0 fully saturated rings. The quantitative estimate of drug-likeness (QED) is 0.607. The molecule has 0 aliphatic carbocycles. The Labute approximate surface area is 131 Å². The van der Waals surface area contributed by atoms with Gasteiger partial charge in [-0.05, 0) is 71.5 Å². The molecular weight excluding hydrogens is 365 g/mol. The van der Waals surface area contributed by atoms with Gasteiger partial charge in [0.15, 0.2) is 0 Å². The Balaban J connectivity index is 2.28. The first kappa shape index (κ1) is 14.7. The smallest absolute Gasteiger partial charge is 0.264 e. The summed E-state index contributed by atoms with van der Waals surface area (Å²) in [5, 5.41) is 0. The summed E-state index contributed by atoms with van der Waals surface area (Å²) in [7, 11) is 1.78. The molecule has 0 bridgehead atoms. The van der Waals surface area contributed by atoms with Crippen molar-refractivity contribution in [2.45, 2.75) is 6.92 Å². The van der Waals surface area contributed by atoms with Gasteiger partial charge in [-0.3, -0.25) is 4.79 Å². The van der Waals surface area contributed by atoms with E-state index in [0.717, 1.165) is 17.0 Å². The van der Waals surface area contributed by atoms with E-state index in [1.54, 1.807) is 18.5 Å². The van der Waals surface area contributed by atoms with E-state index >= 15 is 0 Å². The van der Waals surface area contributed by atoms with Gasteiger partial charge in [0.1, 0.15) is 12.4 Å². The molecule has 0 aliphatic rings. The van der Waals surface area contributed by atoms with Crippen LogP contribution in [-0.4, -0.2) is 11.2 Å². The van der Waals surface area contributed by atoms with Crippen LogP contribution in [0.2, 0.25) is 0 Å². The first-order valence-electron chi connectivity index (χ1n) is 6.12. The number of pyridine rings is 1. The molecule has 102 valence electrons. The first-order chi connectivity index (χ1) is 9.63. The first-order valence-corrected chi connectivity index (χ1v) is 7.19. The Bertz CT molecular complexity index is 721. The highest BCUT2D eigenvalue weighted by Gasteiger charge is 2.06. The Kier molecular flexibility index (Phi) is 4.85. The molecule has 1 heterocycles. The van der Waals surface area contributed by atoms with Crippen molar-refractivity contribution >= 4 is 22.6 Å². The van der Waals surface area contributed by atoms with Gasteiger partial charge in [0.05, 0.1) is 9.26 Å². The van der Waals surface area contributed by atoms with Crippen LogP contribution in [0.25, 0.3) is 11.3 Å². The van der Waals surface area contributed by atoms with Crippen molar-refractivity contribution in [2.24, 2.45) is 7.05 Å². The Hall–Kier alpha value is -1.74. The summed E-state index contributed by atoms with van der Waals surface area (Å²) in [6.45, 7) is 2.17. The number of halogens is 1. The number of hydrogen-bond acceptors (Lipinski definition) is 2. The van der Waals surface area contributed by atoms with Crippen molar-refractivity contribution in [1.82, 2.24) is 4.57 Å². The minimum absolute atomic E-state index is 0.0154. The molecule has 4 heteroatoms. The number of aromatic nitrogens is 1. The largest absolute Gasteiger partial charge is 0.481 e. The second-order valence-corrected chi connectivity index (χ2v) is 5.33. The normalized spacial score (nSPS) is 9.75. The Morgan fingerprint density at radius 2 is 1.90 bits per heavy atom. The van der Waals surface area contributed by atoms with Gasteiger partial charge in [-0.1, -0.05) is 5.92 Å². The summed E-state index contributed by atoms with van der Waals surface area (Å²) >= 11 is 2.04. The number of ether oxygens (including phenoxy) is 1. The van der Waals surface area contributed by atoms with Gasteiger partial charge in [-0.25, -0.2) is 0 Å². The summed E-state index contributed by atoms with van der Waals surface area (Å²) in [4.78, 5) is 11.9. The van der Waals surface area contributed by atoms with Gasteiger partial charge >= 0.3 is 0 Å². The summed E-state index contributed by atoms with van der Waals surface area (Å²) in [6, 6.07) is 11.4. The van der Waals surface area contributed by atoms with E-state index in [2.05, 4.69) is 11.8 Å². The highest BCUT2D eigenvalue weighted by molar-refractivity contribution is 14.1.